The second-order valence-corrected chi connectivity index (χ2v) is 9.24. The zero-order valence-electron chi connectivity index (χ0n) is 20.6. The van der Waals surface area contributed by atoms with Crippen LogP contribution in [0.1, 0.15) is 22.4 Å². The Morgan fingerprint density at radius 1 is 0.973 bits per heavy atom. The summed E-state index contributed by atoms with van der Waals surface area (Å²) >= 11 is 1.28. The number of fused-ring (bicyclic) bond motifs is 1. The van der Waals surface area contributed by atoms with Crippen LogP contribution < -0.4 is 14.2 Å². The number of alkyl halides is 3. The summed E-state index contributed by atoms with van der Waals surface area (Å²) in [6.45, 7) is 3.96. The van der Waals surface area contributed by atoms with Crippen LogP contribution in [0.15, 0.2) is 59.5 Å². The van der Waals surface area contributed by atoms with Crippen LogP contribution in [0.5, 0.6) is 17.2 Å². The number of carbonyl (C=O) groups is 1. The van der Waals surface area contributed by atoms with Gasteiger partial charge in [0.15, 0.2) is 17.2 Å². The fourth-order valence-electron chi connectivity index (χ4n) is 3.81. The molecule has 1 aromatic heterocycles. The largest absolute Gasteiger partial charge is 0.493 e. The molecular weight excluding hydrogens is 505 g/mol. The summed E-state index contributed by atoms with van der Waals surface area (Å²) in [5.41, 5.74) is 2.62. The van der Waals surface area contributed by atoms with Gasteiger partial charge in [0.2, 0.25) is 0 Å². The standard InChI is InChI=1S/C27H25F3N2O4S/c1-15-5-10-23(16(2)11-15)37-32-26-18-14-24(27(28,29)30)31-19(18)7-9-21(26)36-20-8-6-17(12-22(20)34-3)13-25(33)35-4/h5-12,14,31-32H,13H2,1-4H3. The second kappa shape index (κ2) is 10.7. The molecule has 1 heterocycles. The average Bonchev–Trinajstić information content (AvgIpc) is 3.30. The van der Waals surface area contributed by atoms with E-state index in [2.05, 4.69) is 9.71 Å². The fraction of sp³-hybridized carbons (Fsp3) is 0.222. The molecule has 0 aliphatic rings. The number of H-pyrrole nitrogens is 1. The number of aromatic amines is 1. The minimum Gasteiger partial charge on any atom is -0.493 e. The number of rotatable bonds is 8. The van der Waals surface area contributed by atoms with E-state index >= 15 is 0 Å². The summed E-state index contributed by atoms with van der Waals surface area (Å²) in [4.78, 5) is 15.0. The first kappa shape index (κ1) is 26.3. The maximum Gasteiger partial charge on any atom is 0.431 e. The van der Waals surface area contributed by atoms with Crippen LogP contribution in [-0.2, 0) is 22.1 Å². The van der Waals surface area contributed by atoms with E-state index in [9.17, 15) is 18.0 Å². The first-order valence-corrected chi connectivity index (χ1v) is 12.1. The average molecular weight is 531 g/mol. The molecule has 37 heavy (non-hydrogen) atoms. The molecule has 3 aromatic carbocycles. The summed E-state index contributed by atoms with van der Waals surface area (Å²) < 4.78 is 59.9. The third-order valence-corrected chi connectivity index (χ3v) is 6.67. The summed E-state index contributed by atoms with van der Waals surface area (Å²) in [6, 6.07) is 15.1. The minimum absolute atomic E-state index is 0.0576. The van der Waals surface area contributed by atoms with Gasteiger partial charge in [-0.1, -0.05) is 23.8 Å². The third kappa shape index (κ3) is 5.96. The van der Waals surface area contributed by atoms with Gasteiger partial charge in [0.1, 0.15) is 5.69 Å². The van der Waals surface area contributed by atoms with Crippen LogP contribution in [0, 0.1) is 13.8 Å². The van der Waals surface area contributed by atoms with Gasteiger partial charge in [-0.25, -0.2) is 0 Å². The van der Waals surface area contributed by atoms with E-state index in [1.54, 1.807) is 24.3 Å². The number of halogens is 3. The van der Waals surface area contributed by atoms with Crippen molar-refractivity contribution >= 4 is 34.5 Å². The van der Waals surface area contributed by atoms with Crippen molar-refractivity contribution in [2.45, 2.75) is 31.3 Å². The summed E-state index contributed by atoms with van der Waals surface area (Å²) in [5.74, 6) is 0.599. The first-order chi connectivity index (χ1) is 17.6. The van der Waals surface area contributed by atoms with Crippen LogP contribution in [0.2, 0.25) is 0 Å². The van der Waals surface area contributed by atoms with Gasteiger partial charge in [0.05, 0.1) is 26.3 Å². The number of aryl methyl sites for hydroxylation is 2. The minimum atomic E-state index is -4.53. The van der Waals surface area contributed by atoms with Crippen molar-refractivity contribution in [3.8, 4) is 17.2 Å². The summed E-state index contributed by atoms with van der Waals surface area (Å²) in [6.07, 6.45) is -4.47. The van der Waals surface area contributed by atoms with Crippen molar-refractivity contribution in [3.05, 3.63) is 77.0 Å². The quantitative estimate of drug-likeness (QED) is 0.182. The smallest absolute Gasteiger partial charge is 0.431 e. The molecule has 6 nitrogen and oxygen atoms in total. The van der Waals surface area contributed by atoms with E-state index in [0.717, 1.165) is 22.1 Å². The first-order valence-electron chi connectivity index (χ1n) is 11.2. The number of carbonyl (C=O) groups excluding carboxylic acids is 1. The van der Waals surface area contributed by atoms with Crippen LogP contribution in [0.25, 0.3) is 10.9 Å². The van der Waals surface area contributed by atoms with Crippen molar-refractivity contribution in [2.75, 3.05) is 18.9 Å². The van der Waals surface area contributed by atoms with Gasteiger partial charge in [-0.15, -0.1) is 0 Å². The summed E-state index contributed by atoms with van der Waals surface area (Å²) in [5, 5.41) is 0.323. The Hall–Kier alpha value is -3.79. The number of anilines is 1. The van der Waals surface area contributed by atoms with Crippen molar-refractivity contribution in [2.24, 2.45) is 0 Å². The maximum atomic E-state index is 13.5. The number of benzene rings is 3. The zero-order valence-corrected chi connectivity index (χ0v) is 21.4. The lowest BCUT2D eigenvalue weighted by atomic mass is 10.1. The van der Waals surface area contributed by atoms with E-state index in [-0.39, 0.29) is 6.42 Å². The molecule has 4 rings (SSSR count). The van der Waals surface area contributed by atoms with Crippen LogP contribution >= 0.6 is 11.9 Å². The van der Waals surface area contributed by atoms with Crippen molar-refractivity contribution in [3.63, 3.8) is 0 Å². The van der Waals surface area contributed by atoms with E-state index in [1.807, 2.05) is 32.0 Å². The maximum absolute atomic E-state index is 13.5. The molecule has 0 bridgehead atoms. The number of hydrogen-bond donors (Lipinski definition) is 2. The molecule has 0 amide bonds. The molecule has 2 N–H and O–H groups in total. The molecule has 4 aromatic rings. The molecule has 0 radical (unpaired) electrons. The lowest BCUT2D eigenvalue weighted by Crippen LogP contribution is -2.04. The molecule has 0 spiro atoms. The van der Waals surface area contributed by atoms with Gasteiger partial charge in [-0.2, -0.15) is 13.2 Å². The molecule has 0 fully saturated rings. The molecule has 194 valence electrons. The Kier molecular flexibility index (Phi) is 7.58. The molecule has 0 atom stereocenters. The Morgan fingerprint density at radius 2 is 1.73 bits per heavy atom. The Balaban J connectivity index is 1.74. The molecule has 0 saturated carbocycles. The Labute approximate surface area is 216 Å². The van der Waals surface area contributed by atoms with Gasteiger partial charge in [-0.05, 0) is 73.3 Å². The highest BCUT2D eigenvalue weighted by molar-refractivity contribution is 8.00. The van der Waals surface area contributed by atoms with E-state index in [4.69, 9.17) is 14.2 Å². The predicted octanol–water partition coefficient (Wildman–Crippen LogP) is 7.44. The number of aromatic nitrogens is 1. The van der Waals surface area contributed by atoms with Gasteiger partial charge in [-0.3, -0.25) is 4.79 Å². The number of methoxy groups -OCH3 is 2. The van der Waals surface area contributed by atoms with Crippen molar-refractivity contribution in [1.29, 1.82) is 0 Å². The zero-order chi connectivity index (χ0) is 26.7. The normalized spacial score (nSPS) is 11.4. The molecule has 10 heteroatoms. The Morgan fingerprint density at radius 3 is 2.41 bits per heavy atom. The fourth-order valence-corrected chi connectivity index (χ4v) is 4.59. The number of hydrogen-bond acceptors (Lipinski definition) is 6. The predicted molar refractivity (Wildman–Crippen MR) is 137 cm³/mol. The molecular formula is C27H25F3N2O4S. The highest BCUT2D eigenvalue weighted by atomic mass is 32.2. The second-order valence-electron chi connectivity index (χ2n) is 8.39. The number of ether oxygens (including phenoxy) is 3. The number of esters is 1. The lowest BCUT2D eigenvalue weighted by Gasteiger charge is -2.16. The van der Waals surface area contributed by atoms with Gasteiger partial charge in [0.25, 0.3) is 0 Å². The SMILES string of the molecule is COC(=O)Cc1ccc(Oc2ccc3[nH]c(C(F)(F)F)cc3c2NSc2ccc(C)cc2C)c(OC)c1. The Bertz CT molecular complexity index is 1450. The van der Waals surface area contributed by atoms with Crippen LogP contribution in [-0.4, -0.2) is 25.2 Å². The van der Waals surface area contributed by atoms with E-state index in [0.29, 0.717) is 39.4 Å². The highest BCUT2D eigenvalue weighted by Gasteiger charge is 2.33. The van der Waals surface area contributed by atoms with Crippen molar-refractivity contribution in [1.82, 2.24) is 4.98 Å². The molecule has 0 aliphatic carbocycles. The highest BCUT2D eigenvalue weighted by Crippen LogP contribution is 2.43. The monoisotopic (exact) mass is 530 g/mol. The van der Waals surface area contributed by atoms with E-state index < -0.39 is 17.8 Å². The van der Waals surface area contributed by atoms with E-state index in [1.165, 1.54) is 32.2 Å². The van der Waals surface area contributed by atoms with Crippen molar-refractivity contribution < 1.29 is 32.2 Å². The summed E-state index contributed by atoms with van der Waals surface area (Å²) in [7, 11) is 2.77. The van der Waals surface area contributed by atoms with Crippen LogP contribution in [0.3, 0.4) is 0 Å². The molecule has 0 saturated heterocycles. The van der Waals surface area contributed by atoms with Crippen LogP contribution in [0.4, 0.5) is 18.9 Å². The topological polar surface area (TPSA) is 72.6 Å². The third-order valence-electron chi connectivity index (χ3n) is 5.69. The molecule has 0 aliphatic heterocycles. The van der Waals surface area contributed by atoms with Gasteiger partial charge in [0, 0.05) is 15.8 Å². The van der Waals surface area contributed by atoms with Gasteiger partial charge >= 0.3 is 12.1 Å². The lowest BCUT2D eigenvalue weighted by molar-refractivity contribution is -0.141. The van der Waals surface area contributed by atoms with Gasteiger partial charge < -0.3 is 23.9 Å². The molecule has 0 unspecified atom stereocenters. The number of nitrogens with one attached hydrogen (secondary N) is 2.